The molecule has 2 aromatic heterocycles. The second-order valence-electron chi connectivity index (χ2n) is 7.44. The Kier molecular flexibility index (Phi) is 6.34. The third-order valence-electron chi connectivity index (χ3n) is 5.38. The normalized spacial score (nSPS) is 14.8. The Bertz CT molecular complexity index is 944. The zero-order valence-corrected chi connectivity index (χ0v) is 17.6. The van der Waals surface area contributed by atoms with E-state index in [2.05, 4.69) is 33.2 Å². The SMILES string of the molecule is CCc1cccc(NC(=O)CSc2nnc(C3CCCCC3)n2-n2cccc2)c1. The molecule has 0 bridgehead atoms. The molecule has 3 aromatic rings. The van der Waals surface area contributed by atoms with Crippen LogP contribution in [0.3, 0.4) is 0 Å². The fourth-order valence-corrected chi connectivity index (χ4v) is 4.60. The topological polar surface area (TPSA) is 64.7 Å². The average Bonchev–Trinajstić information content (AvgIpc) is 3.42. The molecule has 1 fully saturated rings. The van der Waals surface area contributed by atoms with Gasteiger partial charge in [-0.15, -0.1) is 10.2 Å². The Hall–Kier alpha value is -2.54. The summed E-state index contributed by atoms with van der Waals surface area (Å²) in [6, 6.07) is 12.0. The highest BCUT2D eigenvalue weighted by Crippen LogP contribution is 2.33. The van der Waals surface area contributed by atoms with Crippen LogP contribution in [0.25, 0.3) is 0 Å². The number of carbonyl (C=O) groups is 1. The molecule has 0 saturated heterocycles. The van der Waals surface area contributed by atoms with Crippen LogP contribution in [0.2, 0.25) is 0 Å². The number of hydrogen-bond acceptors (Lipinski definition) is 4. The number of carbonyl (C=O) groups excluding carboxylic acids is 1. The van der Waals surface area contributed by atoms with E-state index in [9.17, 15) is 4.79 Å². The Balaban J connectivity index is 1.48. The lowest BCUT2D eigenvalue weighted by atomic mass is 9.89. The van der Waals surface area contributed by atoms with E-state index in [0.717, 1.165) is 35.9 Å². The summed E-state index contributed by atoms with van der Waals surface area (Å²) in [5.41, 5.74) is 2.05. The van der Waals surface area contributed by atoms with Crippen molar-refractivity contribution in [3.8, 4) is 0 Å². The van der Waals surface area contributed by atoms with E-state index in [1.54, 1.807) is 0 Å². The molecule has 4 rings (SSSR count). The van der Waals surface area contributed by atoms with E-state index in [-0.39, 0.29) is 5.91 Å². The number of amides is 1. The van der Waals surface area contributed by atoms with Crippen molar-refractivity contribution < 1.29 is 4.79 Å². The van der Waals surface area contributed by atoms with Crippen LogP contribution in [0.1, 0.15) is 56.3 Å². The Morgan fingerprint density at radius 3 is 2.69 bits per heavy atom. The van der Waals surface area contributed by atoms with Crippen molar-refractivity contribution >= 4 is 23.4 Å². The molecule has 152 valence electrons. The lowest BCUT2D eigenvalue weighted by molar-refractivity contribution is -0.113. The molecule has 7 heteroatoms. The maximum atomic E-state index is 12.5. The van der Waals surface area contributed by atoms with Crippen LogP contribution in [-0.2, 0) is 11.2 Å². The van der Waals surface area contributed by atoms with Crippen LogP contribution in [0.15, 0.2) is 53.9 Å². The molecule has 1 amide bonds. The standard InChI is InChI=1S/C22H27N5OS/c1-2-17-9-8-12-19(15-17)23-20(28)16-29-22-25-24-21(18-10-4-3-5-11-18)27(22)26-13-6-7-14-26/h6-9,12-15,18H,2-5,10-11,16H2,1H3,(H,23,28). The number of anilines is 1. The number of hydrogen-bond donors (Lipinski definition) is 1. The summed E-state index contributed by atoms with van der Waals surface area (Å²) in [5.74, 6) is 1.68. The van der Waals surface area contributed by atoms with Gasteiger partial charge in [0.25, 0.3) is 0 Å². The van der Waals surface area contributed by atoms with E-state index >= 15 is 0 Å². The molecule has 2 heterocycles. The van der Waals surface area contributed by atoms with E-state index in [1.165, 1.54) is 36.6 Å². The molecule has 1 aliphatic rings. The fraction of sp³-hybridized carbons (Fsp3) is 0.409. The third kappa shape index (κ3) is 4.72. The van der Waals surface area contributed by atoms with Gasteiger partial charge in [0.2, 0.25) is 11.1 Å². The van der Waals surface area contributed by atoms with Gasteiger partial charge in [-0.2, -0.15) is 0 Å². The van der Waals surface area contributed by atoms with E-state index < -0.39 is 0 Å². The third-order valence-corrected chi connectivity index (χ3v) is 6.30. The minimum absolute atomic E-state index is 0.0375. The minimum Gasteiger partial charge on any atom is -0.325 e. The molecule has 0 atom stereocenters. The zero-order chi connectivity index (χ0) is 20.1. The highest BCUT2D eigenvalue weighted by atomic mass is 32.2. The summed E-state index contributed by atoms with van der Waals surface area (Å²) in [7, 11) is 0. The predicted molar refractivity (Wildman–Crippen MR) is 116 cm³/mol. The van der Waals surface area contributed by atoms with Gasteiger partial charge < -0.3 is 5.32 Å². The molecular formula is C22H27N5OS. The predicted octanol–water partition coefficient (Wildman–Crippen LogP) is 4.73. The summed E-state index contributed by atoms with van der Waals surface area (Å²) in [6.45, 7) is 2.11. The zero-order valence-electron chi connectivity index (χ0n) is 16.8. The number of aromatic nitrogens is 4. The largest absolute Gasteiger partial charge is 0.325 e. The van der Waals surface area contributed by atoms with Gasteiger partial charge in [0.15, 0.2) is 5.82 Å². The van der Waals surface area contributed by atoms with Crippen LogP contribution < -0.4 is 5.32 Å². The van der Waals surface area contributed by atoms with Crippen LogP contribution in [-0.4, -0.2) is 31.2 Å². The van der Waals surface area contributed by atoms with Gasteiger partial charge in [-0.3, -0.25) is 9.47 Å². The second kappa shape index (κ2) is 9.31. The minimum atomic E-state index is -0.0375. The van der Waals surface area contributed by atoms with Crippen LogP contribution in [0.5, 0.6) is 0 Å². The lowest BCUT2D eigenvalue weighted by Crippen LogP contribution is -2.18. The smallest absolute Gasteiger partial charge is 0.234 e. The number of nitrogens with zero attached hydrogens (tertiary/aromatic N) is 4. The second-order valence-corrected chi connectivity index (χ2v) is 8.38. The summed E-state index contributed by atoms with van der Waals surface area (Å²) in [5, 5.41) is 12.7. The van der Waals surface area contributed by atoms with Crippen LogP contribution in [0.4, 0.5) is 5.69 Å². The summed E-state index contributed by atoms with van der Waals surface area (Å²) >= 11 is 1.42. The number of aryl methyl sites for hydroxylation is 1. The van der Waals surface area contributed by atoms with Gasteiger partial charge in [-0.05, 0) is 49.1 Å². The van der Waals surface area contributed by atoms with Crippen molar-refractivity contribution in [2.24, 2.45) is 0 Å². The first-order valence-electron chi connectivity index (χ1n) is 10.3. The molecule has 0 radical (unpaired) electrons. The number of nitrogens with one attached hydrogen (secondary N) is 1. The quantitative estimate of drug-likeness (QED) is 0.573. The van der Waals surface area contributed by atoms with Crippen molar-refractivity contribution in [1.29, 1.82) is 0 Å². The molecule has 1 aliphatic carbocycles. The molecular weight excluding hydrogens is 382 g/mol. The highest BCUT2D eigenvalue weighted by Gasteiger charge is 2.24. The van der Waals surface area contributed by atoms with E-state index in [1.807, 2.05) is 47.4 Å². The first-order chi connectivity index (χ1) is 14.2. The van der Waals surface area contributed by atoms with E-state index in [0.29, 0.717) is 11.7 Å². The van der Waals surface area contributed by atoms with Crippen molar-refractivity contribution in [3.05, 3.63) is 60.2 Å². The molecule has 1 N–H and O–H groups in total. The van der Waals surface area contributed by atoms with Crippen molar-refractivity contribution in [3.63, 3.8) is 0 Å². The van der Waals surface area contributed by atoms with Gasteiger partial charge >= 0.3 is 0 Å². The van der Waals surface area contributed by atoms with Gasteiger partial charge in [-0.25, -0.2) is 4.68 Å². The Labute approximate surface area is 175 Å². The fourth-order valence-electron chi connectivity index (χ4n) is 3.85. The maximum absolute atomic E-state index is 12.5. The van der Waals surface area contributed by atoms with Crippen molar-refractivity contribution in [2.45, 2.75) is 56.5 Å². The molecule has 1 aromatic carbocycles. The van der Waals surface area contributed by atoms with Crippen LogP contribution >= 0.6 is 11.8 Å². The van der Waals surface area contributed by atoms with Gasteiger partial charge in [0.05, 0.1) is 5.75 Å². The lowest BCUT2D eigenvalue weighted by Gasteiger charge is -2.22. The Morgan fingerprint density at radius 2 is 1.93 bits per heavy atom. The molecule has 6 nitrogen and oxygen atoms in total. The number of thioether (sulfide) groups is 1. The van der Waals surface area contributed by atoms with Gasteiger partial charge in [-0.1, -0.05) is 50.1 Å². The molecule has 1 saturated carbocycles. The van der Waals surface area contributed by atoms with Crippen LogP contribution in [0, 0.1) is 0 Å². The maximum Gasteiger partial charge on any atom is 0.234 e. The summed E-state index contributed by atoms with van der Waals surface area (Å²) in [4.78, 5) is 12.5. The monoisotopic (exact) mass is 409 g/mol. The number of benzene rings is 1. The molecule has 0 unspecified atom stereocenters. The first kappa shape index (κ1) is 19.8. The molecule has 0 aliphatic heterocycles. The highest BCUT2D eigenvalue weighted by molar-refractivity contribution is 7.99. The average molecular weight is 410 g/mol. The van der Waals surface area contributed by atoms with Crippen molar-refractivity contribution in [2.75, 3.05) is 11.1 Å². The molecule has 0 spiro atoms. The van der Waals surface area contributed by atoms with Crippen molar-refractivity contribution in [1.82, 2.24) is 19.5 Å². The first-order valence-corrected chi connectivity index (χ1v) is 11.3. The Morgan fingerprint density at radius 1 is 1.14 bits per heavy atom. The summed E-state index contributed by atoms with van der Waals surface area (Å²) < 4.78 is 4.07. The van der Waals surface area contributed by atoms with Gasteiger partial charge in [0, 0.05) is 24.0 Å². The van der Waals surface area contributed by atoms with Gasteiger partial charge in [0.1, 0.15) is 0 Å². The number of rotatable bonds is 7. The van der Waals surface area contributed by atoms with E-state index in [4.69, 9.17) is 0 Å². The molecule has 29 heavy (non-hydrogen) atoms. The summed E-state index contributed by atoms with van der Waals surface area (Å²) in [6.07, 6.45) is 11.0.